The first-order valence-electron chi connectivity index (χ1n) is 7.48. The number of nitrogens with two attached hydrogens (primary N) is 1. The molecule has 0 bridgehead atoms. The summed E-state index contributed by atoms with van der Waals surface area (Å²) in [7, 11) is 5.70. The molecule has 5 heteroatoms. The third-order valence-corrected chi connectivity index (χ3v) is 4.33. The quantitative estimate of drug-likeness (QED) is 0.910. The van der Waals surface area contributed by atoms with E-state index in [1.165, 1.54) is 7.11 Å². The molecule has 1 fully saturated rings. The van der Waals surface area contributed by atoms with Crippen molar-refractivity contribution in [2.45, 2.75) is 24.9 Å². The maximum Gasteiger partial charge on any atom is 0.168 e. The second-order valence-electron chi connectivity index (χ2n) is 5.97. The van der Waals surface area contributed by atoms with Crippen molar-refractivity contribution in [1.82, 2.24) is 9.80 Å². The number of methoxy groups -OCH3 is 1. The van der Waals surface area contributed by atoms with Crippen LogP contribution in [0.2, 0.25) is 0 Å². The fourth-order valence-electron chi connectivity index (χ4n) is 3.03. The van der Waals surface area contributed by atoms with Gasteiger partial charge in [-0.1, -0.05) is 12.1 Å². The van der Waals surface area contributed by atoms with Crippen LogP contribution in [-0.4, -0.2) is 62.7 Å². The molecule has 0 saturated carbocycles. The molecule has 1 aliphatic rings. The Labute approximate surface area is 126 Å². The van der Waals surface area contributed by atoms with Gasteiger partial charge in [-0.15, -0.1) is 0 Å². The summed E-state index contributed by atoms with van der Waals surface area (Å²) in [5, 5.41) is 0. The zero-order valence-electron chi connectivity index (χ0n) is 13.2. The van der Waals surface area contributed by atoms with E-state index in [2.05, 4.69) is 23.9 Å². The van der Waals surface area contributed by atoms with Gasteiger partial charge in [0, 0.05) is 18.6 Å². The highest BCUT2D eigenvalue weighted by atomic mass is 19.1. The van der Waals surface area contributed by atoms with Crippen molar-refractivity contribution in [1.29, 1.82) is 0 Å². The lowest BCUT2D eigenvalue weighted by Crippen LogP contribution is -2.51. The highest BCUT2D eigenvalue weighted by Crippen LogP contribution is 2.22. The summed E-state index contributed by atoms with van der Waals surface area (Å²) in [6, 6.07) is 5.38. The molecule has 0 aliphatic carbocycles. The van der Waals surface area contributed by atoms with Crippen molar-refractivity contribution in [2.75, 3.05) is 40.8 Å². The topological polar surface area (TPSA) is 41.7 Å². The molecule has 1 aromatic carbocycles. The lowest BCUT2D eigenvalue weighted by atomic mass is 9.98. The third kappa shape index (κ3) is 3.93. The predicted octanol–water partition coefficient (Wildman–Crippen LogP) is 1.34. The average Bonchev–Trinajstić information content (AvgIpc) is 2.62. The van der Waals surface area contributed by atoms with Crippen LogP contribution in [0.15, 0.2) is 18.2 Å². The molecule has 1 saturated heterocycles. The van der Waals surface area contributed by atoms with Crippen LogP contribution in [0.1, 0.15) is 12.0 Å². The summed E-state index contributed by atoms with van der Waals surface area (Å²) in [6.07, 6.45) is 1.66. The van der Waals surface area contributed by atoms with Gasteiger partial charge in [0.1, 0.15) is 0 Å². The van der Waals surface area contributed by atoms with Gasteiger partial charge in [-0.3, -0.25) is 0 Å². The Morgan fingerprint density at radius 3 is 2.86 bits per heavy atom. The fourth-order valence-corrected chi connectivity index (χ4v) is 3.03. The molecule has 1 aliphatic heterocycles. The van der Waals surface area contributed by atoms with E-state index in [-0.39, 0.29) is 23.7 Å². The molecule has 4 nitrogen and oxygen atoms in total. The van der Waals surface area contributed by atoms with Crippen molar-refractivity contribution in [3.8, 4) is 5.75 Å². The first kappa shape index (κ1) is 16.2. The van der Waals surface area contributed by atoms with Gasteiger partial charge in [-0.05, 0) is 51.7 Å². The van der Waals surface area contributed by atoms with E-state index < -0.39 is 0 Å². The van der Waals surface area contributed by atoms with Crippen LogP contribution in [0, 0.1) is 5.82 Å². The largest absolute Gasteiger partial charge is 0.494 e. The van der Waals surface area contributed by atoms with Crippen LogP contribution in [0.3, 0.4) is 0 Å². The van der Waals surface area contributed by atoms with Gasteiger partial charge >= 0.3 is 0 Å². The van der Waals surface area contributed by atoms with E-state index in [4.69, 9.17) is 10.5 Å². The smallest absolute Gasteiger partial charge is 0.168 e. The fraction of sp³-hybridized carbons (Fsp3) is 0.625. The molecule has 2 N–H and O–H groups in total. The standard InChI is InChI=1S/C16H26FN3O/c1-19-8-5-9-20(2)14(11-19)13(18)10-12-6-4-7-15(21-3)16(12)17/h4,6-7,13-14H,5,8-11,18H2,1-3H3. The van der Waals surface area contributed by atoms with Crippen LogP contribution >= 0.6 is 0 Å². The van der Waals surface area contributed by atoms with Crippen molar-refractivity contribution < 1.29 is 9.13 Å². The van der Waals surface area contributed by atoms with Crippen molar-refractivity contribution in [3.05, 3.63) is 29.6 Å². The van der Waals surface area contributed by atoms with Crippen LogP contribution in [0.4, 0.5) is 4.39 Å². The van der Waals surface area contributed by atoms with Gasteiger partial charge in [0.25, 0.3) is 0 Å². The summed E-state index contributed by atoms with van der Waals surface area (Å²) in [5.41, 5.74) is 7.01. The lowest BCUT2D eigenvalue weighted by Gasteiger charge is -2.32. The average molecular weight is 295 g/mol. The monoisotopic (exact) mass is 295 g/mol. The summed E-state index contributed by atoms with van der Waals surface area (Å²) in [5.74, 6) is -0.00822. The first-order chi connectivity index (χ1) is 10.0. The Bertz CT molecular complexity index is 469. The highest BCUT2D eigenvalue weighted by molar-refractivity contribution is 5.31. The molecular formula is C16H26FN3O. The van der Waals surface area contributed by atoms with E-state index >= 15 is 0 Å². The van der Waals surface area contributed by atoms with Gasteiger partial charge in [0.05, 0.1) is 7.11 Å². The Morgan fingerprint density at radius 1 is 1.38 bits per heavy atom. The molecule has 2 rings (SSSR count). The van der Waals surface area contributed by atoms with Crippen molar-refractivity contribution >= 4 is 0 Å². The molecule has 0 radical (unpaired) electrons. The van der Waals surface area contributed by atoms with Crippen LogP contribution < -0.4 is 10.5 Å². The summed E-state index contributed by atoms with van der Waals surface area (Å²) in [6.45, 7) is 3.04. The van der Waals surface area contributed by atoms with Gasteiger partial charge in [0.15, 0.2) is 11.6 Å². The minimum absolute atomic E-state index is 0.0999. The number of halogens is 1. The van der Waals surface area contributed by atoms with Gasteiger partial charge in [-0.25, -0.2) is 4.39 Å². The van der Waals surface area contributed by atoms with Gasteiger partial charge < -0.3 is 20.3 Å². The van der Waals surface area contributed by atoms with Crippen molar-refractivity contribution in [3.63, 3.8) is 0 Å². The molecular weight excluding hydrogens is 269 g/mol. The predicted molar refractivity (Wildman–Crippen MR) is 83.2 cm³/mol. The summed E-state index contributed by atoms with van der Waals surface area (Å²) >= 11 is 0. The van der Waals surface area contributed by atoms with Gasteiger partial charge in [0.2, 0.25) is 0 Å². The number of benzene rings is 1. The molecule has 1 heterocycles. The van der Waals surface area contributed by atoms with E-state index in [1.54, 1.807) is 12.1 Å². The maximum absolute atomic E-state index is 14.2. The normalized spacial score (nSPS) is 22.8. The lowest BCUT2D eigenvalue weighted by molar-refractivity contribution is 0.194. The van der Waals surface area contributed by atoms with Gasteiger partial charge in [-0.2, -0.15) is 0 Å². The molecule has 118 valence electrons. The highest BCUT2D eigenvalue weighted by Gasteiger charge is 2.27. The molecule has 21 heavy (non-hydrogen) atoms. The summed E-state index contributed by atoms with van der Waals surface area (Å²) < 4.78 is 19.3. The number of ether oxygens (including phenoxy) is 1. The van der Waals surface area contributed by atoms with Crippen LogP contribution in [0.25, 0.3) is 0 Å². The minimum atomic E-state index is -0.292. The Hall–Kier alpha value is -1.17. The Balaban J connectivity index is 2.11. The Morgan fingerprint density at radius 2 is 2.14 bits per heavy atom. The SMILES string of the molecule is COc1cccc(CC(N)C2CN(C)CCCN2C)c1F. The Kier molecular flexibility index (Phi) is 5.56. The minimum Gasteiger partial charge on any atom is -0.494 e. The molecule has 2 unspecified atom stereocenters. The van der Waals surface area contributed by atoms with E-state index in [1.807, 2.05) is 6.07 Å². The maximum atomic E-state index is 14.2. The van der Waals surface area contributed by atoms with E-state index in [9.17, 15) is 4.39 Å². The third-order valence-electron chi connectivity index (χ3n) is 4.33. The number of likely N-dealkylation sites (N-methyl/N-ethyl adjacent to an activating group) is 2. The second kappa shape index (κ2) is 7.20. The zero-order valence-corrected chi connectivity index (χ0v) is 13.2. The molecule has 2 atom stereocenters. The number of nitrogens with zero attached hydrogens (tertiary/aromatic N) is 2. The first-order valence-corrected chi connectivity index (χ1v) is 7.48. The molecule has 1 aromatic rings. The molecule has 0 spiro atoms. The molecule has 0 amide bonds. The number of hydrogen-bond acceptors (Lipinski definition) is 4. The second-order valence-corrected chi connectivity index (χ2v) is 5.97. The number of rotatable bonds is 4. The number of hydrogen-bond donors (Lipinski definition) is 1. The van der Waals surface area contributed by atoms with E-state index in [0.29, 0.717) is 12.0 Å². The zero-order chi connectivity index (χ0) is 15.4. The molecule has 0 aromatic heterocycles. The van der Waals surface area contributed by atoms with Crippen LogP contribution in [-0.2, 0) is 6.42 Å². The van der Waals surface area contributed by atoms with E-state index in [0.717, 1.165) is 26.1 Å². The van der Waals surface area contributed by atoms with Crippen LogP contribution in [0.5, 0.6) is 5.75 Å². The summed E-state index contributed by atoms with van der Waals surface area (Å²) in [4.78, 5) is 4.60. The van der Waals surface area contributed by atoms with Crippen molar-refractivity contribution in [2.24, 2.45) is 5.73 Å².